The minimum Gasteiger partial charge on any atom is -0.487 e. The first-order valence-electron chi connectivity index (χ1n) is 12.5. The maximum atomic E-state index is 12.9. The fourth-order valence-electron chi connectivity index (χ4n) is 4.09. The molecular weight excluding hydrogens is 505 g/mol. The molecule has 0 aliphatic heterocycles. The Bertz CT molecular complexity index is 1430. The molecule has 0 amide bonds. The summed E-state index contributed by atoms with van der Waals surface area (Å²) in [4.78, 5) is 4.44. The molecule has 0 radical (unpaired) electrons. The average molecular weight is 537 g/mol. The van der Waals surface area contributed by atoms with Crippen molar-refractivity contribution in [2.45, 2.75) is 45.9 Å². The summed E-state index contributed by atoms with van der Waals surface area (Å²) in [6, 6.07) is 20.6. The van der Waals surface area contributed by atoms with E-state index in [4.69, 9.17) is 9.15 Å². The summed E-state index contributed by atoms with van der Waals surface area (Å²) in [7, 11) is 0. The lowest BCUT2D eigenvalue weighted by Gasteiger charge is -2.20. The minimum absolute atomic E-state index is 0.0362. The fraction of sp³-hybridized carbons (Fsp3) is 0.258. The fourth-order valence-corrected chi connectivity index (χ4v) is 4.09. The smallest absolute Gasteiger partial charge is 0.416 e. The van der Waals surface area contributed by atoms with E-state index in [-0.39, 0.29) is 24.5 Å². The third kappa shape index (κ3) is 6.96. The van der Waals surface area contributed by atoms with E-state index in [0.717, 1.165) is 28.8 Å². The molecule has 1 aromatic heterocycles. The summed E-state index contributed by atoms with van der Waals surface area (Å²) in [6.45, 7) is 8.62. The molecule has 0 saturated heterocycles. The van der Waals surface area contributed by atoms with Crippen LogP contribution in [-0.2, 0) is 18.2 Å². The number of aryl methyl sites for hydroxylation is 1. The first-order chi connectivity index (χ1) is 18.5. The highest BCUT2D eigenvalue weighted by molar-refractivity contribution is 5.80. The molecule has 2 N–H and O–H groups in total. The van der Waals surface area contributed by atoms with Crippen LogP contribution in [0.1, 0.15) is 54.5 Å². The van der Waals surface area contributed by atoms with E-state index in [2.05, 4.69) is 55.5 Å². The van der Waals surface area contributed by atoms with E-state index >= 15 is 0 Å². The number of rotatable bonds is 8. The van der Waals surface area contributed by atoms with Crippen LogP contribution in [0.15, 0.2) is 83.3 Å². The van der Waals surface area contributed by atoms with Crippen LogP contribution in [0.4, 0.5) is 13.2 Å². The number of hydrogen-bond donors (Lipinski definition) is 2. The Hall–Kier alpha value is -3.88. The zero-order chi connectivity index (χ0) is 28.2. The third-order valence-corrected chi connectivity index (χ3v) is 6.33. The van der Waals surface area contributed by atoms with Crippen molar-refractivity contribution in [3.05, 3.63) is 113 Å². The lowest BCUT2D eigenvalue weighted by atomic mass is 9.85. The standard InChI is InChI=1S/C31H31F3N2O3/c1-20-28(36-29(39-20)22-10-14-25(15-11-22)31(32,33)34)19-38-26-7-5-6-23(18-26)27(16-17-35-37)21-8-12-24(13-9-21)30(2,3)4/h5-16,18,35,37H,17,19H2,1-4H3/b27-16+. The predicted molar refractivity (Wildman–Crippen MR) is 144 cm³/mol. The highest BCUT2D eigenvalue weighted by Gasteiger charge is 2.30. The molecule has 0 saturated carbocycles. The zero-order valence-electron chi connectivity index (χ0n) is 22.3. The third-order valence-electron chi connectivity index (χ3n) is 6.33. The Balaban J connectivity index is 1.52. The van der Waals surface area contributed by atoms with Crippen LogP contribution in [0.3, 0.4) is 0 Å². The molecule has 0 aliphatic carbocycles. The van der Waals surface area contributed by atoms with Crippen LogP contribution in [0, 0.1) is 6.92 Å². The number of nitrogens with one attached hydrogen (secondary N) is 1. The van der Waals surface area contributed by atoms with Gasteiger partial charge in [0.15, 0.2) is 0 Å². The predicted octanol–water partition coefficient (Wildman–Crippen LogP) is 7.96. The molecule has 39 heavy (non-hydrogen) atoms. The normalized spacial score (nSPS) is 12.6. The number of oxazole rings is 1. The maximum Gasteiger partial charge on any atom is 0.416 e. The summed E-state index contributed by atoms with van der Waals surface area (Å²) >= 11 is 0. The van der Waals surface area contributed by atoms with Gasteiger partial charge < -0.3 is 14.4 Å². The van der Waals surface area contributed by atoms with Crippen LogP contribution < -0.4 is 10.2 Å². The van der Waals surface area contributed by atoms with Crippen LogP contribution >= 0.6 is 0 Å². The van der Waals surface area contributed by atoms with Crippen molar-refractivity contribution in [3.63, 3.8) is 0 Å². The first-order valence-corrected chi connectivity index (χ1v) is 12.5. The quantitative estimate of drug-likeness (QED) is 0.224. The second kappa shape index (κ2) is 11.5. The molecule has 0 spiro atoms. The highest BCUT2D eigenvalue weighted by atomic mass is 19.4. The van der Waals surface area contributed by atoms with E-state index in [1.54, 1.807) is 6.92 Å². The molecule has 0 atom stereocenters. The Labute approximate surface area is 225 Å². The zero-order valence-corrected chi connectivity index (χ0v) is 22.3. The van der Waals surface area contributed by atoms with Gasteiger partial charge in [-0.05, 0) is 71.0 Å². The van der Waals surface area contributed by atoms with Crippen molar-refractivity contribution in [3.8, 4) is 17.2 Å². The number of benzene rings is 3. The van der Waals surface area contributed by atoms with Crippen molar-refractivity contribution in [2.75, 3.05) is 6.54 Å². The molecule has 8 heteroatoms. The highest BCUT2D eigenvalue weighted by Crippen LogP contribution is 2.32. The Morgan fingerprint density at radius 3 is 2.23 bits per heavy atom. The van der Waals surface area contributed by atoms with E-state index < -0.39 is 11.7 Å². The number of aromatic nitrogens is 1. The number of nitrogens with zero attached hydrogens (tertiary/aromatic N) is 1. The van der Waals surface area contributed by atoms with E-state index in [1.807, 2.05) is 30.3 Å². The lowest BCUT2D eigenvalue weighted by Crippen LogP contribution is -2.11. The molecule has 0 bridgehead atoms. The molecule has 5 nitrogen and oxygen atoms in total. The van der Waals surface area contributed by atoms with Crippen molar-refractivity contribution < 1.29 is 27.5 Å². The molecule has 1 heterocycles. The van der Waals surface area contributed by atoms with E-state index in [0.29, 0.717) is 22.8 Å². The van der Waals surface area contributed by atoms with Gasteiger partial charge in [0.25, 0.3) is 0 Å². The number of ether oxygens (including phenoxy) is 1. The molecule has 4 aromatic rings. The number of alkyl halides is 3. The van der Waals surface area contributed by atoms with Gasteiger partial charge in [-0.3, -0.25) is 0 Å². The first kappa shape index (κ1) is 28.1. The van der Waals surface area contributed by atoms with Gasteiger partial charge in [0.2, 0.25) is 5.89 Å². The summed E-state index contributed by atoms with van der Waals surface area (Å²) in [5.74, 6) is 1.36. The maximum absolute atomic E-state index is 12.9. The SMILES string of the molecule is Cc1oc(-c2ccc(C(F)(F)F)cc2)nc1COc1cccc(/C(=C/CNO)c2ccc(C(C)(C)C)cc2)c1. The van der Waals surface area contributed by atoms with Crippen LogP contribution in [-0.4, -0.2) is 16.7 Å². The second-order valence-electron chi connectivity index (χ2n) is 10.2. The molecule has 0 unspecified atom stereocenters. The van der Waals surface area contributed by atoms with Crippen molar-refractivity contribution in [1.29, 1.82) is 0 Å². The Kier molecular flexibility index (Phi) is 8.28. The molecule has 204 valence electrons. The van der Waals surface area contributed by atoms with Gasteiger partial charge in [-0.15, -0.1) is 0 Å². The van der Waals surface area contributed by atoms with Gasteiger partial charge in [-0.1, -0.05) is 63.2 Å². The van der Waals surface area contributed by atoms with Crippen LogP contribution in [0.5, 0.6) is 5.75 Å². The molecular formula is C31H31F3N2O3. The van der Waals surface area contributed by atoms with Gasteiger partial charge in [0.1, 0.15) is 23.8 Å². The number of halogens is 3. The van der Waals surface area contributed by atoms with Gasteiger partial charge in [-0.25, -0.2) is 10.5 Å². The van der Waals surface area contributed by atoms with Crippen molar-refractivity contribution in [2.24, 2.45) is 0 Å². The summed E-state index contributed by atoms with van der Waals surface area (Å²) in [6.07, 6.45) is -2.50. The Morgan fingerprint density at radius 1 is 0.949 bits per heavy atom. The largest absolute Gasteiger partial charge is 0.487 e. The van der Waals surface area contributed by atoms with Gasteiger partial charge in [-0.2, -0.15) is 13.2 Å². The lowest BCUT2D eigenvalue weighted by molar-refractivity contribution is -0.137. The second-order valence-corrected chi connectivity index (χ2v) is 10.2. The van der Waals surface area contributed by atoms with Crippen LogP contribution in [0.25, 0.3) is 17.0 Å². The van der Waals surface area contributed by atoms with Gasteiger partial charge in [0, 0.05) is 12.1 Å². The van der Waals surface area contributed by atoms with Gasteiger partial charge >= 0.3 is 6.18 Å². The van der Waals surface area contributed by atoms with Crippen molar-refractivity contribution >= 4 is 5.57 Å². The molecule has 3 aromatic carbocycles. The van der Waals surface area contributed by atoms with E-state index in [9.17, 15) is 18.4 Å². The number of hydroxylamine groups is 1. The van der Waals surface area contributed by atoms with Gasteiger partial charge in [0.05, 0.1) is 5.56 Å². The monoisotopic (exact) mass is 536 g/mol. The van der Waals surface area contributed by atoms with Crippen LogP contribution in [0.2, 0.25) is 0 Å². The molecule has 0 aliphatic rings. The molecule has 0 fully saturated rings. The average Bonchev–Trinajstić information content (AvgIpc) is 3.27. The van der Waals surface area contributed by atoms with E-state index in [1.165, 1.54) is 17.7 Å². The Morgan fingerprint density at radius 2 is 1.62 bits per heavy atom. The minimum atomic E-state index is -4.40. The summed E-state index contributed by atoms with van der Waals surface area (Å²) in [5.41, 5.74) is 6.56. The number of hydrogen-bond acceptors (Lipinski definition) is 5. The van der Waals surface area contributed by atoms with Crippen molar-refractivity contribution in [1.82, 2.24) is 10.5 Å². The summed E-state index contributed by atoms with van der Waals surface area (Å²) < 4.78 is 50.3. The topological polar surface area (TPSA) is 67.5 Å². The summed E-state index contributed by atoms with van der Waals surface area (Å²) in [5, 5.41) is 9.20. The molecule has 4 rings (SSSR count).